The minimum Gasteiger partial charge on any atom is -0.150 e. The van der Waals surface area contributed by atoms with Gasteiger partial charge in [0.15, 0.2) is 0 Å². The number of rotatable bonds is 6. The van der Waals surface area contributed by atoms with E-state index >= 15 is 0 Å². The van der Waals surface area contributed by atoms with Gasteiger partial charge in [0, 0.05) is 44.7 Å². The van der Waals surface area contributed by atoms with Crippen molar-refractivity contribution in [2.24, 2.45) is 0 Å². The van der Waals surface area contributed by atoms with Gasteiger partial charge in [-0.1, -0.05) is 115 Å². The molecule has 0 aliphatic carbocycles. The highest BCUT2D eigenvalue weighted by Crippen LogP contribution is 2.68. The Morgan fingerprint density at radius 3 is 1.39 bits per heavy atom. The highest BCUT2D eigenvalue weighted by Gasteiger charge is 2.70. The lowest BCUT2D eigenvalue weighted by molar-refractivity contribution is 0.763. The SMILES string of the molecule is Cc1cc(C)c([Si](c2cccs2)=[Si]2C([Si](C)(C)C)([Si](C)(C)C)CCC2([Si](C)(C)C)[Si](C)(C)C)c(C)c1. The van der Waals surface area contributed by atoms with E-state index in [0.29, 0.717) is 8.57 Å². The predicted octanol–water partition coefficient (Wildman–Crippen LogP) is 8.64. The van der Waals surface area contributed by atoms with E-state index in [-0.39, 0.29) is 0 Å². The summed E-state index contributed by atoms with van der Waals surface area (Å²) < 4.78 is 3.10. The summed E-state index contributed by atoms with van der Waals surface area (Å²) in [4.78, 5) is 0. The molecule has 2 aromatic rings. The summed E-state index contributed by atoms with van der Waals surface area (Å²) in [6.45, 7) is 40.8. The van der Waals surface area contributed by atoms with Crippen molar-refractivity contribution < 1.29 is 0 Å². The molecule has 7 heteroatoms. The Hall–Kier alpha value is 0.221. The number of thiophene rings is 1. The first-order chi connectivity index (χ1) is 16.1. The molecule has 0 nitrogen and oxygen atoms in total. The van der Waals surface area contributed by atoms with Crippen LogP contribution in [0.4, 0.5) is 0 Å². The number of hydrogen-bond donors (Lipinski definition) is 0. The van der Waals surface area contributed by atoms with Gasteiger partial charge >= 0.3 is 0 Å². The zero-order chi connectivity index (χ0) is 27.7. The smallest absolute Gasteiger partial charge is 0.0712 e. The van der Waals surface area contributed by atoms with E-state index in [0.717, 1.165) is 0 Å². The van der Waals surface area contributed by atoms with Gasteiger partial charge in [0.05, 0.1) is 7.89 Å². The van der Waals surface area contributed by atoms with Gasteiger partial charge in [0.1, 0.15) is 0 Å². The number of benzene rings is 1. The third kappa shape index (κ3) is 4.64. The molecule has 1 fully saturated rings. The van der Waals surface area contributed by atoms with Gasteiger partial charge in [-0.25, -0.2) is 0 Å². The average molecular weight is 603 g/mol. The zero-order valence-corrected chi connectivity index (χ0v) is 33.0. The molecule has 1 saturated heterocycles. The van der Waals surface area contributed by atoms with Crippen LogP contribution in [0.5, 0.6) is 0 Å². The summed E-state index contributed by atoms with van der Waals surface area (Å²) >= 11 is 2.11. The van der Waals surface area contributed by atoms with Crippen LogP contribution in [0.25, 0.3) is 0 Å². The summed E-state index contributed by atoms with van der Waals surface area (Å²) in [5.41, 5.74) is 4.63. The fourth-order valence-electron chi connectivity index (χ4n) is 9.03. The second-order valence-corrected chi connectivity index (χ2v) is 48.8. The first-order valence-corrected chi connectivity index (χ1v) is 32.9. The molecule has 0 N–H and O–H groups in total. The summed E-state index contributed by atoms with van der Waals surface area (Å²) in [5, 5.41) is 4.22. The van der Waals surface area contributed by atoms with Crippen molar-refractivity contribution in [3.8, 4) is 0 Å². The summed E-state index contributed by atoms with van der Waals surface area (Å²) in [6.07, 6.45) is 3.09. The van der Waals surface area contributed by atoms with E-state index in [4.69, 9.17) is 0 Å². The van der Waals surface area contributed by atoms with Gasteiger partial charge in [-0.15, -0.1) is 11.3 Å². The predicted molar refractivity (Wildman–Crippen MR) is 184 cm³/mol. The van der Waals surface area contributed by atoms with Crippen molar-refractivity contribution in [2.45, 2.75) is 121 Å². The van der Waals surface area contributed by atoms with Crippen LogP contribution in [-0.4, -0.2) is 48.1 Å². The summed E-state index contributed by atoms with van der Waals surface area (Å²) in [6, 6.07) is 9.99. The van der Waals surface area contributed by atoms with Gasteiger partial charge in [-0.2, -0.15) is 0 Å². The molecule has 1 aliphatic heterocycles. The largest absolute Gasteiger partial charge is 0.150 e. The van der Waals surface area contributed by atoms with E-state index in [1.54, 1.807) is 28.5 Å². The molecule has 1 aromatic carbocycles. The molecule has 1 aromatic heterocycles. The first kappa shape index (κ1) is 30.8. The van der Waals surface area contributed by atoms with Crippen molar-refractivity contribution in [3.63, 3.8) is 0 Å². The first-order valence-electron chi connectivity index (χ1n) is 14.0. The minimum absolute atomic E-state index is 0.660. The molecule has 2 heterocycles. The molecule has 0 atom stereocenters. The molecule has 0 amide bonds. The Balaban J connectivity index is 2.79. The number of hydrogen-bond acceptors (Lipinski definition) is 1. The molecule has 0 unspecified atom stereocenters. The van der Waals surface area contributed by atoms with Crippen molar-refractivity contribution in [1.82, 2.24) is 0 Å². The van der Waals surface area contributed by atoms with Crippen LogP contribution in [0.3, 0.4) is 0 Å². The molecule has 1 aliphatic rings. The Morgan fingerprint density at radius 2 is 1.08 bits per heavy atom. The molecule has 0 bridgehead atoms. The average Bonchev–Trinajstić information content (AvgIpc) is 3.29. The second kappa shape index (κ2) is 9.70. The fourth-order valence-corrected chi connectivity index (χ4v) is 78.0. The normalized spacial score (nSPS) is 18.6. The van der Waals surface area contributed by atoms with Crippen LogP contribution in [0, 0.1) is 20.8 Å². The van der Waals surface area contributed by atoms with Crippen molar-refractivity contribution >= 4 is 69.1 Å². The lowest BCUT2D eigenvalue weighted by atomic mass is 10.1. The summed E-state index contributed by atoms with van der Waals surface area (Å²) in [5.74, 6) is 0. The zero-order valence-electron chi connectivity index (χ0n) is 26.2. The molecule has 0 spiro atoms. The minimum atomic E-state index is -1.49. The second-order valence-electron chi connectivity index (χ2n) is 15.8. The third-order valence-corrected chi connectivity index (χ3v) is 57.5. The molecule has 0 saturated carbocycles. The monoisotopic (exact) mass is 602 g/mol. The molecular weight excluding hydrogens is 549 g/mol. The molecule has 3 rings (SSSR count). The van der Waals surface area contributed by atoms with Crippen LogP contribution in [0.1, 0.15) is 29.5 Å². The maximum absolute atomic E-state index is 2.79. The quantitative estimate of drug-likeness (QED) is 0.290. The van der Waals surface area contributed by atoms with Crippen LogP contribution >= 0.6 is 11.3 Å². The standard InChI is InChI=1S/C29H54SSi6/c1-23-21-24(2)27(25(3)22-23)31(26-17-16-20-30-26)32-28(33(4,5)6,34(7,8)9)18-19-29(32,35(10,11)12)36(13,14)15/h16-17,20-22H,18-19H2,1-15H3. The highest BCUT2D eigenvalue weighted by molar-refractivity contribution is 7.37. The molecule has 36 heavy (non-hydrogen) atoms. The fraction of sp³-hybridized carbons (Fsp3) is 0.655. The maximum Gasteiger partial charge on any atom is 0.0712 e. The highest BCUT2D eigenvalue weighted by atomic mass is 32.1. The van der Waals surface area contributed by atoms with Gasteiger partial charge in [-0.3, -0.25) is 0 Å². The number of aryl methyl sites for hydroxylation is 3. The Kier molecular flexibility index (Phi) is 8.28. The van der Waals surface area contributed by atoms with E-state index in [9.17, 15) is 0 Å². The Bertz CT molecular complexity index is 1060. The van der Waals surface area contributed by atoms with E-state index in [1.807, 2.05) is 5.19 Å². The van der Waals surface area contributed by atoms with E-state index in [1.165, 1.54) is 5.56 Å². The van der Waals surface area contributed by atoms with Gasteiger partial charge in [0.25, 0.3) is 0 Å². The Labute approximate surface area is 234 Å². The van der Waals surface area contributed by atoms with Crippen LogP contribution in [0.2, 0.25) is 87.1 Å². The van der Waals surface area contributed by atoms with Gasteiger partial charge < -0.3 is 0 Å². The van der Waals surface area contributed by atoms with Crippen LogP contribution in [-0.2, 0) is 0 Å². The third-order valence-electron chi connectivity index (χ3n) is 9.79. The lowest BCUT2D eigenvalue weighted by Crippen LogP contribution is -2.69. The van der Waals surface area contributed by atoms with Crippen LogP contribution in [0.15, 0.2) is 29.6 Å². The molecular formula is C29H54SSi6. The molecule has 200 valence electrons. The van der Waals surface area contributed by atoms with Crippen molar-refractivity contribution in [2.75, 3.05) is 0 Å². The van der Waals surface area contributed by atoms with Gasteiger partial charge in [0.2, 0.25) is 0 Å². The lowest BCUT2D eigenvalue weighted by Gasteiger charge is -2.58. The van der Waals surface area contributed by atoms with Crippen molar-refractivity contribution in [3.05, 3.63) is 46.3 Å². The van der Waals surface area contributed by atoms with Gasteiger partial charge in [-0.05, 0) is 57.1 Å². The Morgan fingerprint density at radius 1 is 0.694 bits per heavy atom. The topological polar surface area (TPSA) is 0 Å². The van der Waals surface area contributed by atoms with Crippen LogP contribution < -0.4 is 9.69 Å². The van der Waals surface area contributed by atoms with Crippen molar-refractivity contribution in [1.29, 1.82) is 0 Å². The van der Waals surface area contributed by atoms with E-state index in [2.05, 4.69) is 140 Å². The summed E-state index contributed by atoms with van der Waals surface area (Å²) in [7, 11) is -7.61. The van der Waals surface area contributed by atoms with E-state index < -0.39 is 48.1 Å². The maximum atomic E-state index is 2.79. The molecule has 0 radical (unpaired) electrons.